The van der Waals surface area contributed by atoms with Gasteiger partial charge in [-0.15, -0.1) is 0 Å². The lowest BCUT2D eigenvalue weighted by molar-refractivity contribution is -0.137. The van der Waals surface area contributed by atoms with Crippen LogP contribution in [0.25, 0.3) is 21.9 Å². The van der Waals surface area contributed by atoms with Crippen LogP contribution in [-0.4, -0.2) is 44.0 Å². The fraction of sp³-hybridized carbons (Fsp3) is 0.200. The standard InChI is InChI=1S/C25H22F3N3O4/c1-31(13-23(32)29-18-9-5-4-8-17(18)25(26,27)28)14-24(33)30-19-12-21-16(11-22(19)34-2)15-7-3-6-10-20(15)35-21/h3-12H,13-14H2,1-2H3,(H,29,32)(H,30,33). The van der Waals surface area contributed by atoms with Gasteiger partial charge < -0.3 is 19.8 Å². The number of furan rings is 1. The number of ether oxygens (including phenoxy) is 1. The van der Waals surface area contributed by atoms with E-state index < -0.39 is 23.6 Å². The third kappa shape index (κ3) is 5.38. The van der Waals surface area contributed by atoms with Crippen molar-refractivity contribution in [3.8, 4) is 5.75 Å². The van der Waals surface area contributed by atoms with Crippen LogP contribution in [0.5, 0.6) is 5.75 Å². The molecule has 0 fully saturated rings. The molecule has 0 spiro atoms. The van der Waals surface area contributed by atoms with Crippen LogP contribution in [0.3, 0.4) is 0 Å². The van der Waals surface area contributed by atoms with Crippen molar-refractivity contribution in [3.05, 3.63) is 66.2 Å². The molecule has 1 heterocycles. The van der Waals surface area contributed by atoms with Crippen molar-refractivity contribution in [2.75, 3.05) is 37.9 Å². The lowest BCUT2D eigenvalue weighted by Gasteiger charge is -2.18. The molecule has 4 rings (SSSR count). The summed E-state index contributed by atoms with van der Waals surface area (Å²) in [5.74, 6) is -0.690. The summed E-state index contributed by atoms with van der Waals surface area (Å²) in [6.07, 6.45) is -4.60. The molecule has 0 aliphatic heterocycles. The van der Waals surface area contributed by atoms with Gasteiger partial charge in [0.25, 0.3) is 0 Å². The summed E-state index contributed by atoms with van der Waals surface area (Å²) >= 11 is 0. The predicted molar refractivity (Wildman–Crippen MR) is 126 cm³/mol. The highest BCUT2D eigenvalue weighted by Crippen LogP contribution is 2.36. The largest absolute Gasteiger partial charge is 0.495 e. The molecule has 0 unspecified atom stereocenters. The number of halogens is 3. The fourth-order valence-electron chi connectivity index (χ4n) is 3.78. The van der Waals surface area contributed by atoms with Crippen LogP contribution in [0, 0.1) is 0 Å². The molecule has 182 valence electrons. The zero-order valence-electron chi connectivity index (χ0n) is 18.9. The Morgan fingerprint density at radius 1 is 0.886 bits per heavy atom. The Bertz CT molecular complexity index is 1400. The molecule has 2 amide bonds. The molecule has 2 N–H and O–H groups in total. The number of nitrogens with one attached hydrogen (secondary N) is 2. The maximum atomic E-state index is 13.1. The number of amides is 2. The van der Waals surface area contributed by atoms with Gasteiger partial charge in [-0.25, -0.2) is 0 Å². The van der Waals surface area contributed by atoms with E-state index in [0.717, 1.165) is 16.8 Å². The van der Waals surface area contributed by atoms with Crippen LogP contribution in [0.1, 0.15) is 5.56 Å². The van der Waals surface area contributed by atoms with Gasteiger partial charge in [-0.1, -0.05) is 30.3 Å². The highest BCUT2D eigenvalue weighted by atomic mass is 19.4. The Hall–Kier alpha value is -4.05. The minimum atomic E-state index is -4.60. The smallest absolute Gasteiger partial charge is 0.418 e. The number of benzene rings is 3. The predicted octanol–water partition coefficient (Wildman–Crippen LogP) is 5.12. The summed E-state index contributed by atoms with van der Waals surface area (Å²) in [6.45, 7) is -0.477. The molecule has 0 atom stereocenters. The van der Waals surface area contributed by atoms with Crippen LogP contribution in [0.15, 0.2) is 65.1 Å². The van der Waals surface area contributed by atoms with Gasteiger partial charge in [0.2, 0.25) is 11.8 Å². The number of likely N-dealkylation sites (N-methyl/N-ethyl adjacent to an activating group) is 1. The second kappa shape index (κ2) is 9.67. The quantitative estimate of drug-likeness (QED) is 0.380. The van der Waals surface area contributed by atoms with E-state index in [-0.39, 0.29) is 18.8 Å². The van der Waals surface area contributed by atoms with E-state index in [1.807, 2.05) is 24.3 Å². The summed E-state index contributed by atoms with van der Waals surface area (Å²) in [4.78, 5) is 26.3. The first-order chi connectivity index (χ1) is 16.7. The second-order valence-electron chi connectivity index (χ2n) is 7.96. The molecule has 0 aliphatic carbocycles. The molecule has 0 radical (unpaired) electrons. The van der Waals surface area contributed by atoms with Crippen molar-refractivity contribution >= 4 is 45.1 Å². The zero-order chi connectivity index (χ0) is 25.2. The van der Waals surface area contributed by atoms with Crippen LogP contribution in [-0.2, 0) is 15.8 Å². The minimum Gasteiger partial charge on any atom is -0.495 e. The van der Waals surface area contributed by atoms with Crippen LogP contribution in [0.2, 0.25) is 0 Å². The molecule has 0 aliphatic rings. The van der Waals surface area contributed by atoms with E-state index in [9.17, 15) is 22.8 Å². The fourth-order valence-corrected chi connectivity index (χ4v) is 3.78. The van der Waals surface area contributed by atoms with E-state index in [2.05, 4.69) is 10.6 Å². The lowest BCUT2D eigenvalue weighted by atomic mass is 10.1. The van der Waals surface area contributed by atoms with Gasteiger partial charge in [-0.05, 0) is 31.3 Å². The summed E-state index contributed by atoms with van der Waals surface area (Å²) in [5.41, 5.74) is 0.374. The number of hydrogen-bond acceptors (Lipinski definition) is 5. The van der Waals surface area contributed by atoms with E-state index in [1.165, 1.54) is 37.3 Å². The van der Waals surface area contributed by atoms with Gasteiger partial charge in [0, 0.05) is 16.8 Å². The van der Waals surface area contributed by atoms with E-state index in [1.54, 1.807) is 12.1 Å². The van der Waals surface area contributed by atoms with Gasteiger partial charge in [0.15, 0.2) is 0 Å². The first kappa shape index (κ1) is 24.1. The molecule has 7 nitrogen and oxygen atoms in total. The average Bonchev–Trinajstić information content (AvgIpc) is 3.15. The normalized spacial score (nSPS) is 11.7. The zero-order valence-corrected chi connectivity index (χ0v) is 18.9. The van der Waals surface area contributed by atoms with E-state index in [0.29, 0.717) is 22.6 Å². The number of nitrogens with zero attached hydrogens (tertiary/aromatic N) is 1. The second-order valence-corrected chi connectivity index (χ2v) is 7.96. The molecule has 0 saturated heterocycles. The van der Waals surface area contributed by atoms with Gasteiger partial charge >= 0.3 is 6.18 Å². The Balaban J connectivity index is 1.41. The minimum absolute atomic E-state index is 0.185. The molecule has 10 heteroatoms. The summed E-state index contributed by atoms with van der Waals surface area (Å²) in [6, 6.07) is 15.6. The topological polar surface area (TPSA) is 83.8 Å². The number of hydrogen-bond donors (Lipinski definition) is 2. The lowest BCUT2D eigenvalue weighted by Crippen LogP contribution is -2.36. The molecule has 0 saturated carbocycles. The molecule has 1 aromatic heterocycles. The van der Waals surface area contributed by atoms with Gasteiger partial charge in [0.05, 0.1) is 37.1 Å². The molecule has 35 heavy (non-hydrogen) atoms. The number of carbonyl (C=O) groups is 2. The number of alkyl halides is 3. The maximum Gasteiger partial charge on any atom is 0.418 e. The molecular weight excluding hydrogens is 463 g/mol. The third-order valence-electron chi connectivity index (χ3n) is 5.31. The van der Waals surface area contributed by atoms with Crippen LogP contribution in [0.4, 0.5) is 24.5 Å². The van der Waals surface area contributed by atoms with Crippen LogP contribution < -0.4 is 15.4 Å². The Kier molecular flexibility index (Phi) is 6.65. The summed E-state index contributed by atoms with van der Waals surface area (Å²) in [5, 5.41) is 6.74. The van der Waals surface area contributed by atoms with Crippen molar-refractivity contribution in [2.45, 2.75) is 6.18 Å². The number of anilines is 2. The number of fused-ring (bicyclic) bond motifs is 3. The Morgan fingerprint density at radius 3 is 2.20 bits per heavy atom. The van der Waals surface area contributed by atoms with Crippen molar-refractivity contribution in [1.82, 2.24) is 4.90 Å². The molecular formula is C25H22F3N3O4. The van der Waals surface area contributed by atoms with Gasteiger partial charge in [0.1, 0.15) is 16.9 Å². The summed E-state index contributed by atoms with van der Waals surface area (Å²) in [7, 11) is 2.99. The Labute approximate surface area is 198 Å². The monoisotopic (exact) mass is 485 g/mol. The van der Waals surface area contributed by atoms with Crippen molar-refractivity contribution in [1.29, 1.82) is 0 Å². The Morgan fingerprint density at radius 2 is 1.51 bits per heavy atom. The first-order valence-electron chi connectivity index (χ1n) is 10.6. The van der Waals surface area contributed by atoms with E-state index >= 15 is 0 Å². The number of para-hydroxylation sites is 2. The third-order valence-corrected chi connectivity index (χ3v) is 5.31. The van der Waals surface area contributed by atoms with Gasteiger partial charge in [-0.2, -0.15) is 13.2 Å². The molecule has 4 aromatic rings. The highest BCUT2D eigenvalue weighted by Gasteiger charge is 2.33. The summed E-state index contributed by atoms with van der Waals surface area (Å²) < 4.78 is 50.7. The molecule has 0 bridgehead atoms. The molecule has 3 aromatic carbocycles. The van der Waals surface area contributed by atoms with Crippen LogP contribution >= 0.6 is 0 Å². The van der Waals surface area contributed by atoms with Gasteiger partial charge in [-0.3, -0.25) is 14.5 Å². The maximum absolute atomic E-state index is 13.1. The number of carbonyl (C=O) groups excluding carboxylic acids is 2. The van der Waals surface area contributed by atoms with E-state index in [4.69, 9.17) is 9.15 Å². The average molecular weight is 485 g/mol. The first-order valence-corrected chi connectivity index (χ1v) is 10.6. The van der Waals surface area contributed by atoms with Crippen molar-refractivity contribution in [2.24, 2.45) is 0 Å². The highest BCUT2D eigenvalue weighted by molar-refractivity contribution is 6.08. The number of rotatable bonds is 7. The SMILES string of the molecule is COc1cc2c(cc1NC(=O)CN(C)CC(=O)Nc1ccccc1C(F)(F)F)oc1ccccc12. The van der Waals surface area contributed by atoms with Crippen molar-refractivity contribution < 1.29 is 31.9 Å². The van der Waals surface area contributed by atoms with Crippen molar-refractivity contribution in [3.63, 3.8) is 0 Å². The number of methoxy groups -OCH3 is 1.